The van der Waals surface area contributed by atoms with Gasteiger partial charge in [-0.2, -0.15) is 0 Å². The first kappa shape index (κ1) is 10.8. The molecule has 1 aromatic rings. The fourth-order valence-corrected chi connectivity index (χ4v) is 3.18. The Hall–Kier alpha value is -1.36. The minimum Gasteiger partial charge on any atom is -0.393 e. The van der Waals surface area contributed by atoms with E-state index in [0.717, 1.165) is 25.7 Å². The lowest BCUT2D eigenvalue weighted by molar-refractivity contribution is 0.0280. The molecule has 3 heterocycles. The summed E-state index contributed by atoms with van der Waals surface area (Å²) >= 11 is 0. The maximum atomic E-state index is 12.4. The summed E-state index contributed by atoms with van der Waals surface area (Å²) in [4.78, 5) is 18.4. The molecule has 2 aliphatic heterocycles. The van der Waals surface area contributed by atoms with E-state index >= 15 is 0 Å². The summed E-state index contributed by atoms with van der Waals surface area (Å²) in [5.74, 6) is 0.0596. The molecule has 17 heavy (non-hydrogen) atoms. The third-order valence-corrected chi connectivity index (χ3v) is 3.98. The van der Waals surface area contributed by atoms with Crippen LogP contribution in [0.5, 0.6) is 0 Å². The summed E-state index contributed by atoms with van der Waals surface area (Å²) in [5.41, 5.74) is 0.637. The van der Waals surface area contributed by atoms with E-state index in [9.17, 15) is 9.90 Å². The van der Waals surface area contributed by atoms with Gasteiger partial charge in [0.25, 0.3) is 5.91 Å². The molecule has 0 aromatic carbocycles. The van der Waals surface area contributed by atoms with Crippen LogP contribution in [-0.4, -0.2) is 43.7 Å². The fraction of sp³-hybridized carbons (Fsp3) is 0.667. The molecule has 5 heteroatoms. The zero-order valence-electron chi connectivity index (χ0n) is 9.91. The van der Waals surface area contributed by atoms with Crippen LogP contribution in [0.4, 0.5) is 0 Å². The number of fused-ring (bicyclic) bond motifs is 2. The predicted octanol–water partition coefficient (Wildman–Crippen LogP) is 0.548. The normalized spacial score (nSPS) is 31.9. The van der Waals surface area contributed by atoms with Crippen molar-refractivity contribution in [3.63, 3.8) is 0 Å². The summed E-state index contributed by atoms with van der Waals surface area (Å²) in [7, 11) is 1.83. The first-order chi connectivity index (χ1) is 8.16. The van der Waals surface area contributed by atoms with Gasteiger partial charge in [-0.25, -0.2) is 4.98 Å². The van der Waals surface area contributed by atoms with Gasteiger partial charge in [-0.1, -0.05) is 0 Å². The number of imidazole rings is 1. The first-order valence-electron chi connectivity index (χ1n) is 6.14. The van der Waals surface area contributed by atoms with Crippen LogP contribution in [-0.2, 0) is 7.05 Å². The lowest BCUT2D eigenvalue weighted by Crippen LogP contribution is -2.48. The molecule has 2 saturated heterocycles. The van der Waals surface area contributed by atoms with Crippen molar-refractivity contribution in [1.82, 2.24) is 14.5 Å². The van der Waals surface area contributed by atoms with Gasteiger partial charge in [0.2, 0.25) is 0 Å². The lowest BCUT2D eigenvalue weighted by atomic mass is 9.99. The van der Waals surface area contributed by atoms with Crippen LogP contribution >= 0.6 is 0 Å². The van der Waals surface area contributed by atoms with E-state index < -0.39 is 0 Å². The second-order valence-corrected chi connectivity index (χ2v) is 5.11. The number of aromatic nitrogens is 2. The van der Waals surface area contributed by atoms with E-state index in [-0.39, 0.29) is 24.1 Å². The topological polar surface area (TPSA) is 58.4 Å². The van der Waals surface area contributed by atoms with Gasteiger partial charge in [0.15, 0.2) is 0 Å². The number of piperidine rings is 1. The third kappa shape index (κ3) is 1.65. The van der Waals surface area contributed by atoms with Gasteiger partial charge in [-0.05, 0) is 25.7 Å². The fourth-order valence-electron chi connectivity index (χ4n) is 3.18. The summed E-state index contributed by atoms with van der Waals surface area (Å²) in [6.45, 7) is 0. The standard InChI is InChI=1S/C12H17N3O2/c1-14-7-13-6-11(14)12(17)15-8-2-3-9(15)5-10(16)4-8/h6-10,16H,2-5H2,1H3. The Balaban J connectivity index is 1.86. The molecule has 2 unspecified atom stereocenters. The summed E-state index contributed by atoms with van der Waals surface area (Å²) < 4.78 is 1.76. The largest absolute Gasteiger partial charge is 0.393 e. The molecule has 2 bridgehead atoms. The molecule has 1 amide bonds. The molecule has 0 aliphatic carbocycles. The molecule has 2 aliphatic rings. The third-order valence-electron chi connectivity index (χ3n) is 3.98. The Morgan fingerprint density at radius 3 is 2.59 bits per heavy atom. The number of aliphatic hydroxyl groups is 1. The van der Waals surface area contributed by atoms with Crippen molar-refractivity contribution in [2.24, 2.45) is 7.05 Å². The van der Waals surface area contributed by atoms with E-state index in [1.807, 2.05) is 11.9 Å². The van der Waals surface area contributed by atoms with Gasteiger partial charge in [-0.3, -0.25) is 4.79 Å². The van der Waals surface area contributed by atoms with Crippen molar-refractivity contribution in [1.29, 1.82) is 0 Å². The molecule has 1 aromatic heterocycles. The molecule has 1 N–H and O–H groups in total. The molecule has 2 atom stereocenters. The van der Waals surface area contributed by atoms with Crippen molar-refractivity contribution in [2.45, 2.75) is 43.9 Å². The number of hydrogen-bond donors (Lipinski definition) is 1. The van der Waals surface area contributed by atoms with E-state index in [2.05, 4.69) is 4.98 Å². The van der Waals surface area contributed by atoms with Crippen molar-refractivity contribution < 1.29 is 9.90 Å². The Kier molecular flexibility index (Phi) is 2.43. The van der Waals surface area contributed by atoms with Crippen LogP contribution in [0.25, 0.3) is 0 Å². The highest BCUT2D eigenvalue weighted by atomic mass is 16.3. The predicted molar refractivity (Wildman–Crippen MR) is 61.4 cm³/mol. The smallest absolute Gasteiger partial charge is 0.272 e. The molecule has 3 rings (SSSR count). The number of carbonyl (C=O) groups is 1. The number of carbonyl (C=O) groups excluding carboxylic acids is 1. The number of hydrogen-bond acceptors (Lipinski definition) is 3. The van der Waals surface area contributed by atoms with Crippen LogP contribution in [0.2, 0.25) is 0 Å². The molecule has 0 spiro atoms. The van der Waals surface area contributed by atoms with Crippen molar-refractivity contribution >= 4 is 5.91 Å². The second kappa shape index (κ2) is 3.84. The maximum absolute atomic E-state index is 12.4. The molecule has 0 radical (unpaired) electrons. The van der Waals surface area contributed by atoms with E-state index in [1.165, 1.54) is 0 Å². The number of aryl methyl sites for hydroxylation is 1. The van der Waals surface area contributed by atoms with E-state index in [0.29, 0.717) is 5.69 Å². The molecular formula is C12H17N3O2. The van der Waals surface area contributed by atoms with Gasteiger partial charge < -0.3 is 14.6 Å². The van der Waals surface area contributed by atoms with Gasteiger partial charge in [0.1, 0.15) is 5.69 Å². The Morgan fingerprint density at radius 2 is 2.06 bits per heavy atom. The molecule has 0 saturated carbocycles. The zero-order valence-corrected chi connectivity index (χ0v) is 9.91. The van der Waals surface area contributed by atoms with Crippen molar-refractivity contribution in [2.75, 3.05) is 0 Å². The number of rotatable bonds is 1. The summed E-state index contributed by atoms with van der Waals surface area (Å²) in [5, 5.41) is 9.72. The van der Waals surface area contributed by atoms with Crippen LogP contribution in [0.1, 0.15) is 36.2 Å². The SMILES string of the molecule is Cn1cncc1C(=O)N1C2CCC1CC(O)C2. The average molecular weight is 235 g/mol. The minimum atomic E-state index is -0.233. The highest BCUT2D eigenvalue weighted by Crippen LogP contribution is 2.36. The van der Waals surface area contributed by atoms with Gasteiger partial charge in [0, 0.05) is 19.1 Å². The Morgan fingerprint density at radius 1 is 1.41 bits per heavy atom. The highest BCUT2D eigenvalue weighted by molar-refractivity contribution is 5.93. The Labute approximate surface area is 100 Å². The molecular weight excluding hydrogens is 218 g/mol. The van der Waals surface area contributed by atoms with Gasteiger partial charge in [-0.15, -0.1) is 0 Å². The van der Waals surface area contributed by atoms with Gasteiger partial charge >= 0.3 is 0 Å². The van der Waals surface area contributed by atoms with Crippen LogP contribution in [0.15, 0.2) is 12.5 Å². The van der Waals surface area contributed by atoms with Crippen molar-refractivity contribution in [3.05, 3.63) is 18.2 Å². The zero-order chi connectivity index (χ0) is 12.0. The highest BCUT2D eigenvalue weighted by Gasteiger charge is 2.43. The van der Waals surface area contributed by atoms with Crippen LogP contribution in [0.3, 0.4) is 0 Å². The quantitative estimate of drug-likeness (QED) is 0.773. The first-order valence-corrected chi connectivity index (χ1v) is 6.14. The van der Waals surface area contributed by atoms with Crippen LogP contribution in [0, 0.1) is 0 Å². The molecule has 5 nitrogen and oxygen atoms in total. The summed E-state index contributed by atoms with van der Waals surface area (Å²) in [6, 6.07) is 0.428. The maximum Gasteiger partial charge on any atom is 0.272 e. The van der Waals surface area contributed by atoms with E-state index in [1.54, 1.807) is 17.1 Å². The summed E-state index contributed by atoms with van der Waals surface area (Å²) in [6.07, 6.45) is 6.51. The lowest BCUT2D eigenvalue weighted by Gasteiger charge is -2.37. The monoisotopic (exact) mass is 235 g/mol. The average Bonchev–Trinajstić information content (AvgIpc) is 2.81. The number of amides is 1. The molecule has 92 valence electrons. The van der Waals surface area contributed by atoms with E-state index in [4.69, 9.17) is 0 Å². The van der Waals surface area contributed by atoms with Crippen LogP contribution < -0.4 is 0 Å². The molecule has 2 fully saturated rings. The Bertz CT molecular complexity index is 429. The van der Waals surface area contributed by atoms with Gasteiger partial charge in [0.05, 0.1) is 18.6 Å². The second-order valence-electron chi connectivity index (χ2n) is 5.11. The number of nitrogens with zero attached hydrogens (tertiary/aromatic N) is 3. The van der Waals surface area contributed by atoms with Crippen molar-refractivity contribution in [3.8, 4) is 0 Å². The number of aliphatic hydroxyl groups excluding tert-OH is 1. The minimum absolute atomic E-state index is 0.0596.